The number of carbonyl (C=O) groups is 1. The van der Waals surface area contributed by atoms with Crippen molar-refractivity contribution in [3.8, 4) is 0 Å². The highest BCUT2D eigenvalue weighted by molar-refractivity contribution is 5.78. The summed E-state index contributed by atoms with van der Waals surface area (Å²) in [6, 6.07) is 0.772. The zero-order valence-corrected chi connectivity index (χ0v) is 11.6. The van der Waals surface area contributed by atoms with Crippen LogP contribution in [0.3, 0.4) is 0 Å². The lowest BCUT2D eigenvalue weighted by molar-refractivity contribution is -0.133. The smallest absolute Gasteiger partial charge is 0.236 e. The Hall–Kier alpha value is -0.610. The first kappa shape index (κ1) is 13.8. The van der Waals surface area contributed by atoms with Gasteiger partial charge in [0.1, 0.15) is 0 Å². The first-order chi connectivity index (χ1) is 8.66. The largest absolute Gasteiger partial charge is 0.342 e. The molecule has 2 fully saturated rings. The van der Waals surface area contributed by atoms with E-state index in [2.05, 4.69) is 16.7 Å². The lowest BCUT2D eigenvalue weighted by atomic mass is 9.99. The number of rotatable bonds is 2. The molecule has 0 aromatic carbocycles. The zero-order chi connectivity index (χ0) is 13.0. The Morgan fingerprint density at radius 3 is 2.44 bits per heavy atom. The maximum absolute atomic E-state index is 12.3. The van der Waals surface area contributed by atoms with E-state index in [1.807, 2.05) is 0 Å². The second kappa shape index (κ2) is 6.53. The van der Waals surface area contributed by atoms with Gasteiger partial charge in [0.25, 0.3) is 0 Å². The van der Waals surface area contributed by atoms with Crippen LogP contribution in [0.2, 0.25) is 0 Å². The molecule has 0 bridgehead atoms. The second-order valence-electron chi connectivity index (χ2n) is 5.90. The number of piperidine rings is 1. The second-order valence-corrected chi connectivity index (χ2v) is 5.90. The van der Waals surface area contributed by atoms with Crippen LogP contribution in [0.5, 0.6) is 0 Å². The van der Waals surface area contributed by atoms with Gasteiger partial charge in [-0.1, -0.05) is 12.8 Å². The molecule has 2 rings (SSSR count). The molecule has 4 heteroatoms. The van der Waals surface area contributed by atoms with Crippen LogP contribution in [0.15, 0.2) is 0 Å². The van der Waals surface area contributed by atoms with Crippen molar-refractivity contribution < 1.29 is 4.79 Å². The Morgan fingerprint density at radius 2 is 1.83 bits per heavy atom. The molecule has 2 atom stereocenters. The summed E-state index contributed by atoms with van der Waals surface area (Å²) in [4.78, 5) is 16.7. The van der Waals surface area contributed by atoms with Crippen molar-refractivity contribution in [3.63, 3.8) is 0 Å². The standard InChI is InChI=1S/C14H27N3O/c1-12-10-13(15)6-9-17(12)11-14(18)16-7-4-2-3-5-8-16/h12-13H,2-11,15H2,1H3. The third-order valence-electron chi connectivity index (χ3n) is 4.35. The monoisotopic (exact) mass is 253 g/mol. The predicted molar refractivity (Wildman–Crippen MR) is 73.3 cm³/mol. The van der Waals surface area contributed by atoms with Gasteiger partial charge >= 0.3 is 0 Å². The van der Waals surface area contributed by atoms with E-state index >= 15 is 0 Å². The molecule has 104 valence electrons. The van der Waals surface area contributed by atoms with Crippen molar-refractivity contribution in [1.29, 1.82) is 0 Å². The van der Waals surface area contributed by atoms with Gasteiger partial charge in [-0.2, -0.15) is 0 Å². The molecule has 0 aromatic rings. The molecule has 2 saturated heterocycles. The quantitative estimate of drug-likeness (QED) is 0.804. The Labute approximate surface area is 110 Å². The minimum atomic E-state index is 0.319. The van der Waals surface area contributed by atoms with Gasteiger partial charge in [-0.3, -0.25) is 9.69 Å². The van der Waals surface area contributed by atoms with E-state index in [9.17, 15) is 4.79 Å². The number of likely N-dealkylation sites (tertiary alicyclic amines) is 2. The predicted octanol–water partition coefficient (Wildman–Crippen LogP) is 1.20. The molecule has 0 spiro atoms. The average molecular weight is 253 g/mol. The molecule has 4 nitrogen and oxygen atoms in total. The van der Waals surface area contributed by atoms with E-state index in [1.165, 1.54) is 25.7 Å². The van der Waals surface area contributed by atoms with Gasteiger partial charge in [0.15, 0.2) is 0 Å². The van der Waals surface area contributed by atoms with Crippen LogP contribution in [0.1, 0.15) is 45.4 Å². The van der Waals surface area contributed by atoms with Crippen LogP contribution >= 0.6 is 0 Å². The Bertz CT molecular complexity index is 274. The molecule has 0 radical (unpaired) electrons. The molecule has 2 heterocycles. The van der Waals surface area contributed by atoms with E-state index in [4.69, 9.17) is 5.73 Å². The van der Waals surface area contributed by atoms with E-state index in [-0.39, 0.29) is 0 Å². The third kappa shape index (κ3) is 3.69. The van der Waals surface area contributed by atoms with E-state index in [1.54, 1.807) is 0 Å². The van der Waals surface area contributed by atoms with Crippen LogP contribution in [-0.4, -0.2) is 54.0 Å². The summed E-state index contributed by atoms with van der Waals surface area (Å²) in [7, 11) is 0. The highest BCUT2D eigenvalue weighted by Crippen LogP contribution is 2.16. The zero-order valence-electron chi connectivity index (χ0n) is 11.6. The molecular weight excluding hydrogens is 226 g/mol. The van der Waals surface area contributed by atoms with Crippen LogP contribution in [0, 0.1) is 0 Å². The van der Waals surface area contributed by atoms with E-state index < -0.39 is 0 Å². The van der Waals surface area contributed by atoms with Crippen LogP contribution in [0.25, 0.3) is 0 Å². The fourth-order valence-electron chi connectivity index (χ4n) is 3.09. The molecule has 2 unspecified atom stereocenters. The van der Waals surface area contributed by atoms with Gasteiger partial charge in [-0.25, -0.2) is 0 Å². The number of amides is 1. The van der Waals surface area contributed by atoms with Gasteiger partial charge in [0, 0.05) is 31.7 Å². The number of hydrogen-bond donors (Lipinski definition) is 1. The van der Waals surface area contributed by atoms with Crippen molar-refractivity contribution in [2.24, 2.45) is 5.73 Å². The molecule has 1 amide bonds. The molecule has 0 aliphatic carbocycles. The average Bonchev–Trinajstić information content (AvgIpc) is 2.61. The Kier molecular flexibility index (Phi) is 5.01. The normalized spacial score (nSPS) is 31.1. The summed E-state index contributed by atoms with van der Waals surface area (Å²) in [6.45, 7) is 5.67. The number of nitrogens with two attached hydrogens (primary N) is 1. The summed E-state index contributed by atoms with van der Waals surface area (Å²) < 4.78 is 0. The minimum absolute atomic E-state index is 0.319. The maximum atomic E-state index is 12.3. The van der Waals surface area contributed by atoms with Gasteiger partial charge in [-0.15, -0.1) is 0 Å². The number of carbonyl (C=O) groups excluding carboxylic acids is 1. The van der Waals surface area contributed by atoms with Gasteiger partial charge in [0.05, 0.1) is 6.54 Å². The van der Waals surface area contributed by atoms with E-state index in [0.717, 1.165) is 32.5 Å². The molecule has 0 aromatic heterocycles. The highest BCUT2D eigenvalue weighted by atomic mass is 16.2. The fraction of sp³-hybridized carbons (Fsp3) is 0.929. The molecule has 2 N–H and O–H groups in total. The summed E-state index contributed by atoms with van der Waals surface area (Å²) in [6.07, 6.45) is 6.95. The highest BCUT2D eigenvalue weighted by Gasteiger charge is 2.26. The molecule has 0 saturated carbocycles. The van der Waals surface area contributed by atoms with Crippen molar-refractivity contribution in [3.05, 3.63) is 0 Å². The fourth-order valence-corrected chi connectivity index (χ4v) is 3.09. The molecule has 2 aliphatic rings. The summed E-state index contributed by atoms with van der Waals surface area (Å²) in [5.74, 6) is 0.319. The Balaban J connectivity index is 1.82. The topological polar surface area (TPSA) is 49.6 Å². The summed E-state index contributed by atoms with van der Waals surface area (Å²) in [5.41, 5.74) is 5.96. The first-order valence-corrected chi connectivity index (χ1v) is 7.44. The van der Waals surface area contributed by atoms with Crippen LogP contribution in [0.4, 0.5) is 0 Å². The maximum Gasteiger partial charge on any atom is 0.236 e. The lowest BCUT2D eigenvalue weighted by Crippen LogP contribution is -2.50. The van der Waals surface area contributed by atoms with Gasteiger partial charge in [-0.05, 0) is 32.6 Å². The SMILES string of the molecule is CC1CC(N)CCN1CC(=O)N1CCCCCC1. The number of nitrogens with zero attached hydrogens (tertiary/aromatic N) is 2. The van der Waals surface area contributed by atoms with E-state index in [0.29, 0.717) is 24.5 Å². The van der Waals surface area contributed by atoms with Crippen molar-refractivity contribution in [1.82, 2.24) is 9.80 Å². The van der Waals surface area contributed by atoms with Crippen molar-refractivity contribution in [2.45, 2.75) is 57.5 Å². The van der Waals surface area contributed by atoms with Gasteiger partial charge in [0.2, 0.25) is 5.91 Å². The molecular formula is C14H27N3O. The Morgan fingerprint density at radius 1 is 1.17 bits per heavy atom. The number of hydrogen-bond acceptors (Lipinski definition) is 3. The summed E-state index contributed by atoms with van der Waals surface area (Å²) >= 11 is 0. The van der Waals surface area contributed by atoms with Crippen LogP contribution < -0.4 is 5.73 Å². The minimum Gasteiger partial charge on any atom is -0.342 e. The van der Waals surface area contributed by atoms with Gasteiger partial charge < -0.3 is 10.6 Å². The first-order valence-electron chi connectivity index (χ1n) is 7.44. The van der Waals surface area contributed by atoms with Crippen LogP contribution in [-0.2, 0) is 4.79 Å². The molecule has 18 heavy (non-hydrogen) atoms. The van der Waals surface area contributed by atoms with Crippen molar-refractivity contribution in [2.75, 3.05) is 26.2 Å². The van der Waals surface area contributed by atoms with Crippen molar-refractivity contribution >= 4 is 5.91 Å². The summed E-state index contributed by atoms with van der Waals surface area (Å²) in [5, 5.41) is 0. The third-order valence-corrected chi connectivity index (χ3v) is 4.35. The molecule has 2 aliphatic heterocycles. The lowest BCUT2D eigenvalue weighted by Gasteiger charge is -2.36.